The minimum atomic E-state index is -3.55. The summed E-state index contributed by atoms with van der Waals surface area (Å²) in [7, 11) is -3.55. The minimum Gasteiger partial charge on any atom is -0.314 e. The Morgan fingerprint density at radius 1 is 1.43 bits per heavy atom. The highest BCUT2D eigenvalue weighted by Gasteiger charge is 2.20. The van der Waals surface area contributed by atoms with E-state index in [1.54, 1.807) is 12.1 Å². The molecule has 1 aliphatic rings. The zero-order chi connectivity index (χ0) is 15.5. The summed E-state index contributed by atoms with van der Waals surface area (Å²) < 4.78 is 27.4. The Hall–Kier alpha value is -0.620. The monoisotopic (exact) mass is 330 g/mol. The van der Waals surface area contributed by atoms with E-state index in [2.05, 4.69) is 10.0 Å². The van der Waals surface area contributed by atoms with Crippen molar-refractivity contribution >= 4 is 21.6 Å². The number of sulfonamides is 1. The molecule has 1 aliphatic heterocycles. The molecular weight excluding hydrogens is 308 g/mol. The molecular formula is C15H23ClN2O2S. The van der Waals surface area contributed by atoms with Gasteiger partial charge in [-0.25, -0.2) is 13.1 Å². The van der Waals surface area contributed by atoms with Gasteiger partial charge in [0.25, 0.3) is 0 Å². The zero-order valence-electron chi connectivity index (χ0n) is 12.5. The molecule has 118 valence electrons. The molecule has 21 heavy (non-hydrogen) atoms. The molecule has 0 bridgehead atoms. The summed E-state index contributed by atoms with van der Waals surface area (Å²) >= 11 is 6.06. The lowest BCUT2D eigenvalue weighted by Crippen LogP contribution is -2.30. The molecule has 0 amide bonds. The summed E-state index contributed by atoms with van der Waals surface area (Å²) in [5.74, 6) is 0.263. The van der Waals surface area contributed by atoms with Crippen molar-refractivity contribution < 1.29 is 8.42 Å². The first kappa shape index (κ1) is 16.7. The average molecular weight is 331 g/mol. The summed E-state index contributed by atoms with van der Waals surface area (Å²) in [6.45, 7) is 5.51. The summed E-state index contributed by atoms with van der Waals surface area (Å²) in [6.07, 6.45) is 3.09. The second kappa shape index (κ2) is 7.09. The predicted molar refractivity (Wildman–Crippen MR) is 86.4 cm³/mol. The van der Waals surface area contributed by atoms with E-state index in [1.165, 1.54) is 6.42 Å². The molecule has 0 unspecified atom stereocenters. The lowest BCUT2D eigenvalue weighted by Gasteiger charge is -2.13. The van der Waals surface area contributed by atoms with Gasteiger partial charge in [0.1, 0.15) is 4.90 Å². The molecule has 0 spiro atoms. The third kappa shape index (κ3) is 4.42. The number of rotatable bonds is 6. The second-order valence-corrected chi connectivity index (χ2v) is 7.97. The maximum absolute atomic E-state index is 12.4. The molecule has 2 N–H and O–H groups in total. The Morgan fingerprint density at radius 2 is 2.19 bits per heavy atom. The largest absolute Gasteiger partial charge is 0.314 e. The van der Waals surface area contributed by atoms with Crippen molar-refractivity contribution in [2.75, 3.05) is 13.1 Å². The lowest BCUT2D eigenvalue weighted by atomic mass is 10.0. The quantitative estimate of drug-likeness (QED) is 0.843. The third-order valence-electron chi connectivity index (χ3n) is 3.86. The Morgan fingerprint density at radius 3 is 2.81 bits per heavy atom. The van der Waals surface area contributed by atoms with Crippen LogP contribution in [0.5, 0.6) is 0 Å². The molecule has 0 saturated carbocycles. The maximum atomic E-state index is 12.4. The molecule has 1 aromatic carbocycles. The Balaban J connectivity index is 2.05. The first-order valence-corrected chi connectivity index (χ1v) is 9.29. The normalized spacial score (nSPS) is 19.3. The summed E-state index contributed by atoms with van der Waals surface area (Å²) in [5.41, 5.74) is 0.970. The molecule has 0 aliphatic carbocycles. The summed E-state index contributed by atoms with van der Waals surface area (Å²) in [4.78, 5) is 0.176. The molecule has 4 nitrogen and oxygen atoms in total. The number of hydrogen-bond donors (Lipinski definition) is 2. The standard InChI is InChI=1S/C15H23ClN2O2S/c1-11(2)12-5-6-14(16)15(10-12)21(19,20)18-9-7-13-4-3-8-17-13/h5-6,10-11,13,17-18H,3-4,7-9H2,1-2H3/t13-/m1/s1. The van der Waals surface area contributed by atoms with Crippen LogP contribution in [0.3, 0.4) is 0 Å². The molecule has 1 saturated heterocycles. The Labute approximate surface area is 132 Å². The number of hydrogen-bond acceptors (Lipinski definition) is 3. The van der Waals surface area contributed by atoms with Gasteiger partial charge in [-0.05, 0) is 49.4 Å². The van der Waals surface area contributed by atoms with Gasteiger partial charge in [-0.1, -0.05) is 31.5 Å². The van der Waals surface area contributed by atoms with E-state index in [-0.39, 0.29) is 15.8 Å². The first-order chi connectivity index (χ1) is 9.90. The van der Waals surface area contributed by atoms with Gasteiger partial charge in [-0.3, -0.25) is 0 Å². The summed E-state index contributed by atoms with van der Waals surface area (Å²) in [5, 5.41) is 3.63. The lowest BCUT2D eigenvalue weighted by molar-refractivity contribution is 0.539. The molecule has 2 rings (SSSR count). The van der Waals surface area contributed by atoms with Crippen LogP contribution in [0, 0.1) is 0 Å². The average Bonchev–Trinajstić information content (AvgIpc) is 2.91. The molecule has 1 fully saturated rings. The van der Waals surface area contributed by atoms with Crippen molar-refractivity contribution in [3.05, 3.63) is 28.8 Å². The van der Waals surface area contributed by atoms with Gasteiger partial charge in [-0.2, -0.15) is 0 Å². The molecule has 6 heteroatoms. The van der Waals surface area contributed by atoms with E-state index >= 15 is 0 Å². The fourth-order valence-electron chi connectivity index (χ4n) is 2.53. The van der Waals surface area contributed by atoms with E-state index in [0.29, 0.717) is 12.6 Å². The van der Waals surface area contributed by atoms with Crippen LogP contribution in [0.1, 0.15) is 44.6 Å². The number of nitrogens with one attached hydrogen (secondary N) is 2. The van der Waals surface area contributed by atoms with Crippen molar-refractivity contribution in [2.24, 2.45) is 0 Å². The van der Waals surface area contributed by atoms with Crippen molar-refractivity contribution in [2.45, 2.75) is 50.0 Å². The molecule has 1 heterocycles. The van der Waals surface area contributed by atoms with E-state index in [1.807, 2.05) is 19.9 Å². The van der Waals surface area contributed by atoms with Crippen molar-refractivity contribution in [3.8, 4) is 0 Å². The predicted octanol–water partition coefficient (Wildman–Crippen LogP) is 2.88. The van der Waals surface area contributed by atoms with Gasteiger partial charge < -0.3 is 5.32 Å². The number of halogens is 1. The van der Waals surface area contributed by atoms with Crippen LogP contribution in [0.25, 0.3) is 0 Å². The fraction of sp³-hybridized carbons (Fsp3) is 0.600. The highest BCUT2D eigenvalue weighted by molar-refractivity contribution is 7.89. The zero-order valence-corrected chi connectivity index (χ0v) is 14.1. The van der Waals surface area contributed by atoms with Crippen LogP contribution in [0.2, 0.25) is 5.02 Å². The van der Waals surface area contributed by atoms with Crippen LogP contribution in [0.4, 0.5) is 0 Å². The van der Waals surface area contributed by atoms with E-state index in [0.717, 1.165) is 24.9 Å². The summed E-state index contributed by atoms with van der Waals surface area (Å²) in [6, 6.07) is 5.62. The van der Waals surface area contributed by atoms with Gasteiger partial charge in [0.15, 0.2) is 0 Å². The van der Waals surface area contributed by atoms with Gasteiger partial charge >= 0.3 is 0 Å². The van der Waals surface area contributed by atoms with E-state index in [4.69, 9.17) is 11.6 Å². The van der Waals surface area contributed by atoms with E-state index < -0.39 is 10.0 Å². The highest BCUT2D eigenvalue weighted by atomic mass is 35.5. The van der Waals surface area contributed by atoms with Gasteiger partial charge in [-0.15, -0.1) is 0 Å². The third-order valence-corrected chi connectivity index (χ3v) is 5.80. The van der Waals surface area contributed by atoms with Crippen LogP contribution >= 0.6 is 11.6 Å². The molecule has 1 atom stereocenters. The fourth-order valence-corrected chi connectivity index (χ4v) is 4.11. The minimum absolute atomic E-state index is 0.176. The van der Waals surface area contributed by atoms with Crippen molar-refractivity contribution in [1.29, 1.82) is 0 Å². The SMILES string of the molecule is CC(C)c1ccc(Cl)c(S(=O)(=O)NCC[C@H]2CCCN2)c1. The van der Waals surface area contributed by atoms with Crippen LogP contribution in [-0.4, -0.2) is 27.5 Å². The van der Waals surface area contributed by atoms with Gasteiger partial charge in [0.05, 0.1) is 5.02 Å². The van der Waals surface area contributed by atoms with Gasteiger partial charge in [0, 0.05) is 12.6 Å². The van der Waals surface area contributed by atoms with Crippen molar-refractivity contribution in [3.63, 3.8) is 0 Å². The van der Waals surface area contributed by atoms with Crippen LogP contribution in [-0.2, 0) is 10.0 Å². The van der Waals surface area contributed by atoms with E-state index in [9.17, 15) is 8.42 Å². The molecule has 0 radical (unpaired) electrons. The van der Waals surface area contributed by atoms with Gasteiger partial charge in [0.2, 0.25) is 10.0 Å². The molecule has 1 aromatic rings. The number of benzene rings is 1. The molecule has 0 aromatic heterocycles. The maximum Gasteiger partial charge on any atom is 0.242 e. The smallest absolute Gasteiger partial charge is 0.242 e. The first-order valence-electron chi connectivity index (χ1n) is 7.42. The Bertz CT molecular complexity index is 581. The van der Waals surface area contributed by atoms with Crippen LogP contribution < -0.4 is 10.0 Å². The Kier molecular flexibility index (Phi) is 5.66. The second-order valence-electron chi connectivity index (χ2n) is 5.82. The highest BCUT2D eigenvalue weighted by Crippen LogP contribution is 2.26. The van der Waals surface area contributed by atoms with Crippen molar-refractivity contribution in [1.82, 2.24) is 10.0 Å². The topological polar surface area (TPSA) is 58.2 Å². The van der Waals surface area contributed by atoms with Crippen LogP contribution in [0.15, 0.2) is 23.1 Å².